The molecular weight excluding hydrogens is 192 g/mol. The van der Waals surface area contributed by atoms with Crippen LogP contribution in [0.4, 0.5) is 0 Å². The molecule has 0 aromatic carbocycles. The van der Waals surface area contributed by atoms with Crippen molar-refractivity contribution < 1.29 is 9.53 Å². The summed E-state index contributed by atoms with van der Waals surface area (Å²) in [6.45, 7) is 6.55. The van der Waals surface area contributed by atoms with Gasteiger partial charge in [0.2, 0.25) is 5.91 Å². The lowest BCUT2D eigenvalue weighted by molar-refractivity contribution is -0.130. The topological polar surface area (TPSA) is 50.4 Å². The van der Waals surface area contributed by atoms with Gasteiger partial charge in [0.15, 0.2) is 0 Å². The highest BCUT2D eigenvalue weighted by Gasteiger charge is 2.38. The molecule has 3 unspecified atom stereocenters. The van der Waals surface area contributed by atoms with E-state index >= 15 is 0 Å². The van der Waals surface area contributed by atoms with Gasteiger partial charge in [-0.1, -0.05) is 0 Å². The molecule has 2 fully saturated rings. The summed E-state index contributed by atoms with van der Waals surface area (Å²) in [7, 11) is 0. The van der Waals surface area contributed by atoms with Crippen molar-refractivity contribution in [2.24, 2.45) is 5.41 Å². The van der Waals surface area contributed by atoms with Crippen molar-refractivity contribution in [3.8, 4) is 0 Å². The second-order valence-electron chi connectivity index (χ2n) is 4.93. The third kappa shape index (κ3) is 2.16. The summed E-state index contributed by atoms with van der Waals surface area (Å²) in [6, 6.07) is 0.204. The van der Waals surface area contributed by atoms with Crippen LogP contribution in [0.2, 0.25) is 0 Å². The minimum Gasteiger partial charge on any atom is -0.376 e. The summed E-state index contributed by atoms with van der Waals surface area (Å²) in [6.07, 6.45) is 2.03. The lowest BCUT2D eigenvalue weighted by Crippen LogP contribution is -2.47. The second kappa shape index (κ2) is 4.10. The number of nitrogens with one attached hydrogen (secondary N) is 2. The first kappa shape index (κ1) is 10.9. The molecule has 3 atom stereocenters. The summed E-state index contributed by atoms with van der Waals surface area (Å²) >= 11 is 0. The molecule has 4 heteroatoms. The van der Waals surface area contributed by atoms with Crippen molar-refractivity contribution in [3.63, 3.8) is 0 Å². The van der Waals surface area contributed by atoms with Gasteiger partial charge in [-0.3, -0.25) is 4.79 Å². The van der Waals surface area contributed by atoms with Crippen LogP contribution in [-0.2, 0) is 9.53 Å². The van der Waals surface area contributed by atoms with Gasteiger partial charge >= 0.3 is 0 Å². The highest BCUT2D eigenvalue weighted by molar-refractivity contribution is 5.83. The molecule has 4 nitrogen and oxygen atoms in total. The molecule has 2 aliphatic rings. The van der Waals surface area contributed by atoms with E-state index in [4.69, 9.17) is 4.74 Å². The number of rotatable bonds is 2. The van der Waals surface area contributed by atoms with Crippen molar-refractivity contribution in [3.05, 3.63) is 0 Å². The maximum absolute atomic E-state index is 12.1. The number of hydrogen-bond acceptors (Lipinski definition) is 3. The maximum Gasteiger partial charge on any atom is 0.227 e. The molecule has 2 heterocycles. The number of carbonyl (C=O) groups is 1. The van der Waals surface area contributed by atoms with Crippen LogP contribution < -0.4 is 10.6 Å². The standard InChI is InChI=1S/C11H20N2O2/c1-8-9(3-6-15-8)13-10(14)11(2)4-5-12-7-11/h8-9,12H,3-7H2,1-2H3,(H,13,14). The van der Waals surface area contributed by atoms with Crippen LogP contribution in [0.25, 0.3) is 0 Å². The minimum atomic E-state index is -0.220. The Morgan fingerprint density at radius 1 is 1.60 bits per heavy atom. The number of hydrogen-bond donors (Lipinski definition) is 2. The molecule has 0 saturated carbocycles. The molecular formula is C11H20N2O2. The first-order valence-corrected chi connectivity index (χ1v) is 5.75. The van der Waals surface area contributed by atoms with E-state index in [0.29, 0.717) is 0 Å². The first-order valence-electron chi connectivity index (χ1n) is 5.75. The van der Waals surface area contributed by atoms with E-state index in [1.54, 1.807) is 0 Å². The fourth-order valence-corrected chi connectivity index (χ4v) is 2.27. The lowest BCUT2D eigenvalue weighted by atomic mass is 9.88. The van der Waals surface area contributed by atoms with Gasteiger partial charge in [-0.05, 0) is 33.2 Å². The van der Waals surface area contributed by atoms with Crippen molar-refractivity contribution in [2.45, 2.75) is 38.8 Å². The van der Waals surface area contributed by atoms with Crippen molar-refractivity contribution >= 4 is 5.91 Å². The molecule has 1 amide bonds. The summed E-state index contributed by atoms with van der Waals surface area (Å²) in [5, 5.41) is 6.34. The number of ether oxygens (including phenoxy) is 1. The van der Waals surface area contributed by atoms with Crippen LogP contribution in [0.5, 0.6) is 0 Å². The largest absolute Gasteiger partial charge is 0.376 e. The minimum absolute atomic E-state index is 0.159. The fraction of sp³-hybridized carbons (Fsp3) is 0.909. The molecule has 15 heavy (non-hydrogen) atoms. The van der Waals surface area contributed by atoms with Crippen LogP contribution in [0.1, 0.15) is 26.7 Å². The maximum atomic E-state index is 12.1. The number of carbonyl (C=O) groups excluding carboxylic acids is 1. The Labute approximate surface area is 90.8 Å². The average molecular weight is 212 g/mol. The van der Waals surface area contributed by atoms with Crippen LogP contribution >= 0.6 is 0 Å². The molecule has 86 valence electrons. The quantitative estimate of drug-likeness (QED) is 0.691. The zero-order valence-corrected chi connectivity index (χ0v) is 9.51. The molecule has 0 aromatic rings. The zero-order valence-electron chi connectivity index (χ0n) is 9.51. The normalized spacial score (nSPS) is 40.7. The van der Waals surface area contributed by atoms with Gasteiger partial charge in [-0.25, -0.2) is 0 Å². The van der Waals surface area contributed by atoms with Gasteiger partial charge in [0.25, 0.3) is 0 Å². The van der Waals surface area contributed by atoms with Gasteiger partial charge in [0.05, 0.1) is 17.6 Å². The Bertz CT molecular complexity index is 249. The predicted molar refractivity (Wildman–Crippen MR) is 57.6 cm³/mol. The molecule has 2 aliphatic heterocycles. The summed E-state index contributed by atoms with van der Waals surface area (Å²) < 4.78 is 5.43. The smallest absolute Gasteiger partial charge is 0.227 e. The summed E-state index contributed by atoms with van der Waals surface area (Å²) in [5.41, 5.74) is -0.220. The van der Waals surface area contributed by atoms with E-state index in [1.807, 2.05) is 13.8 Å². The third-order valence-corrected chi connectivity index (χ3v) is 3.61. The fourth-order valence-electron chi connectivity index (χ4n) is 2.27. The number of amides is 1. The first-order chi connectivity index (χ1) is 7.12. The second-order valence-corrected chi connectivity index (χ2v) is 4.93. The van der Waals surface area contributed by atoms with Crippen molar-refractivity contribution in [2.75, 3.05) is 19.7 Å². The van der Waals surface area contributed by atoms with Crippen LogP contribution in [0, 0.1) is 5.41 Å². The zero-order chi connectivity index (χ0) is 10.9. The molecule has 2 rings (SSSR count). The highest BCUT2D eigenvalue weighted by atomic mass is 16.5. The van der Waals surface area contributed by atoms with E-state index in [9.17, 15) is 4.79 Å². The monoisotopic (exact) mass is 212 g/mol. The van der Waals surface area contributed by atoms with E-state index in [-0.39, 0.29) is 23.5 Å². The Morgan fingerprint density at radius 3 is 2.93 bits per heavy atom. The van der Waals surface area contributed by atoms with E-state index < -0.39 is 0 Å². The van der Waals surface area contributed by atoms with Crippen molar-refractivity contribution in [1.82, 2.24) is 10.6 Å². The van der Waals surface area contributed by atoms with Crippen LogP contribution in [0.3, 0.4) is 0 Å². The highest BCUT2D eigenvalue weighted by Crippen LogP contribution is 2.25. The van der Waals surface area contributed by atoms with Gasteiger partial charge in [-0.2, -0.15) is 0 Å². The molecule has 0 spiro atoms. The SMILES string of the molecule is CC1OCCC1NC(=O)C1(C)CCNC1. The predicted octanol–water partition coefficient (Wildman–Crippen LogP) is 0.280. The van der Waals surface area contributed by atoms with Gasteiger partial charge in [0.1, 0.15) is 0 Å². The molecule has 2 N–H and O–H groups in total. The molecule has 0 bridgehead atoms. The lowest BCUT2D eigenvalue weighted by Gasteiger charge is -2.25. The van der Waals surface area contributed by atoms with Gasteiger partial charge in [-0.15, -0.1) is 0 Å². The molecule has 0 aromatic heterocycles. The third-order valence-electron chi connectivity index (χ3n) is 3.61. The van der Waals surface area contributed by atoms with Gasteiger partial charge < -0.3 is 15.4 Å². The van der Waals surface area contributed by atoms with Gasteiger partial charge in [0, 0.05) is 13.2 Å². The Balaban J connectivity index is 1.91. The van der Waals surface area contributed by atoms with E-state index in [0.717, 1.165) is 32.5 Å². The van der Waals surface area contributed by atoms with Crippen molar-refractivity contribution in [1.29, 1.82) is 0 Å². The Kier molecular flexibility index (Phi) is 2.98. The van der Waals surface area contributed by atoms with E-state index in [2.05, 4.69) is 10.6 Å². The van der Waals surface area contributed by atoms with Crippen LogP contribution in [-0.4, -0.2) is 37.7 Å². The molecule has 2 saturated heterocycles. The average Bonchev–Trinajstić information content (AvgIpc) is 2.78. The molecule has 0 aliphatic carbocycles. The molecule has 0 radical (unpaired) electrons. The Hall–Kier alpha value is -0.610. The van der Waals surface area contributed by atoms with Crippen LogP contribution in [0.15, 0.2) is 0 Å². The summed E-state index contributed by atoms with van der Waals surface area (Å²) in [4.78, 5) is 12.1. The summed E-state index contributed by atoms with van der Waals surface area (Å²) in [5.74, 6) is 0.176. The van der Waals surface area contributed by atoms with E-state index in [1.165, 1.54) is 0 Å². The Morgan fingerprint density at radius 2 is 2.40 bits per heavy atom.